The number of halogens is 1. The van der Waals surface area contributed by atoms with Gasteiger partial charge >= 0.3 is 5.97 Å². The fourth-order valence-electron chi connectivity index (χ4n) is 3.43. The van der Waals surface area contributed by atoms with E-state index in [-0.39, 0.29) is 23.5 Å². The Kier molecular flexibility index (Phi) is 6.25. The van der Waals surface area contributed by atoms with Crippen molar-refractivity contribution < 1.29 is 22.7 Å². The van der Waals surface area contributed by atoms with Crippen molar-refractivity contribution in [3.05, 3.63) is 59.8 Å². The van der Waals surface area contributed by atoms with Crippen LogP contribution in [-0.2, 0) is 16.6 Å². The van der Waals surface area contributed by atoms with Crippen molar-refractivity contribution in [3.63, 3.8) is 0 Å². The monoisotopic (exact) mass is 446 g/mol. The van der Waals surface area contributed by atoms with Gasteiger partial charge in [0.2, 0.25) is 10.0 Å². The van der Waals surface area contributed by atoms with Crippen LogP contribution in [0.5, 0.6) is 0 Å². The first-order chi connectivity index (χ1) is 14.6. The van der Waals surface area contributed by atoms with Crippen LogP contribution < -0.4 is 5.73 Å². The molecule has 0 fully saturated rings. The number of pyridine rings is 1. The first-order valence-corrected chi connectivity index (χ1v) is 10.8. The molecular weight excluding hydrogens is 423 g/mol. The Morgan fingerprint density at radius 2 is 2.00 bits per heavy atom. The number of allylic oxidation sites excluding steroid dienone is 1. The van der Waals surface area contributed by atoms with E-state index in [4.69, 9.17) is 5.73 Å². The third-order valence-electron chi connectivity index (χ3n) is 5.00. The second kappa shape index (κ2) is 8.58. The molecule has 0 aliphatic heterocycles. The predicted octanol–water partition coefficient (Wildman–Crippen LogP) is 2.77. The highest BCUT2D eigenvalue weighted by molar-refractivity contribution is 7.89. The van der Waals surface area contributed by atoms with Gasteiger partial charge in [0.15, 0.2) is 0 Å². The van der Waals surface area contributed by atoms with Crippen LogP contribution in [0.1, 0.15) is 16.1 Å². The minimum Gasteiger partial charge on any atom is -0.478 e. The molecular formula is C21H23FN4O4S. The van der Waals surface area contributed by atoms with Crippen LogP contribution in [0, 0.1) is 6.92 Å². The number of fused-ring (bicyclic) bond motifs is 1. The second-order valence-corrected chi connectivity index (χ2v) is 9.32. The zero-order chi connectivity index (χ0) is 22.9. The highest BCUT2D eigenvalue weighted by atomic mass is 32.2. The Morgan fingerprint density at radius 1 is 1.29 bits per heavy atom. The Hall–Kier alpha value is -3.08. The lowest BCUT2D eigenvalue weighted by atomic mass is 10.0. The van der Waals surface area contributed by atoms with Gasteiger partial charge in [-0.3, -0.25) is 4.98 Å². The summed E-state index contributed by atoms with van der Waals surface area (Å²) < 4.78 is 42.2. The van der Waals surface area contributed by atoms with Crippen molar-refractivity contribution in [1.29, 1.82) is 0 Å². The molecule has 0 saturated carbocycles. The summed E-state index contributed by atoms with van der Waals surface area (Å²) in [6.07, 6.45) is 4.02. The maximum absolute atomic E-state index is 14.3. The summed E-state index contributed by atoms with van der Waals surface area (Å²) in [6.45, 7) is 1.72. The predicted molar refractivity (Wildman–Crippen MR) is 116 cm³/mol. The number of rotatable bonds is 7. The molecule has 0 spiro atoms. The van der Waals surface area contributed by atoms with E-state index < -0.39 is 21.8 Å². The highest BCUT2D eigenvalue weighted by Crippen LogP contribution is 2.36. The smallest absolute Gasteiger partial charge is 0.335 e. The molecule has 0 atom stereocenters. The van der Waals surface area contributed by atoms with Gasteiger partial charge in [0, 0.05) is 60.8 Å². The molecule has 0 unspecified atom stereocenters. The number of benzene rings is 1. The zero-order valence-corrected chi connectivity index (χ0v) is 18.1. The van der Waals surface area contributed by atoms with Crippen molar-refractivity contribution in [2.24, 2.45) is 5.73 Å². The molecule has 0 amide bonds. The summed E-state index contributed by atoms with van der Waals surface area (Å²) >= 11 is 0. The van der Waals surface area contributed by atoms with Crippen LogP contribution in [0.2, 0.25) is 0 Å². The van der Waals surface area contributed by atoms with E-state index in [1.54, 1.807) is 17.6 Å². The molecule has 3 aromatic rings. The molecule has 164 valence electrons. The number of carbonyl (C=O) groups is 1. The SMILES string of the molecule is Cc1c(-c2cncc(S(=O)(=O)N(C)C)c2)c2cc(C(=O)O)ccc2n1C/C(F)=C/CN. The van der Waals surface area contributed by atoms with Crippen LogP contribution in [-0.4, -0.2) is 54.0 Å². The molecule has 0 aliphatic carbocycles. The van der Waals surface area contributed by atoms with Gasteiger partial charge in [-0.05, 0) is 37.3 Å². The van der Waals surface area contributed by atoms with Gasteiger partial charge in [0.05, 0.1) is 12.1 Å². The largest absolute Gasteiger partial charge is 0.478 e. The van der Waals surface area contributed by atoms with E-state index in [9.17, 15) is 22.7 Å². The van der Waals surface area contributed by atoms with E-state index in [0.29, 0.717) is 27.7 Å². The summed E-state index contributed by atoms with van der Waals surface area (Å²) in [5.74, 6) is -1.53. The Bertz CT molecular complexity index is 1300. The van der Waals surface area contributed by atoms with Gasteiger partial charge in [0.25, 0.3) is 0 Å². The molecule has 0 aliphatic rings. The molecule has 0 radical (unpaired) electrons. The third-order valence-corrected chi connectivity index (χ3v) is 6.78. The van der Waals surface area contributed by atoms with Gasteiger partial charge in [-0.25, -0.2) is 21.9 Å². The number of hydrogen-bond donors (Lipinski definition) is 2. The molecule has 10 heteroatoms. The third kappa shape index (κ3) is 4.22. The van der Waals surface area contributed by atoms with Crippen LogP contribution in [0.4, 0.5) is 4.39 Å². The number of carboxylic acids is 1. The summed E-state index contributed by atoms with van der Waals surface area (Å²) in [6, 6.07) is 6.03. The van der Waals surface area contributed by atoms with E-state index in [2.05, 4.69) is 4.98 Å². The number of nitrogens with two attached hydrogens (primary N) is 1. The van der Waals surface area contributed by atoms with Gasteiger partial charge in [-0.15, -0.1) is 0 Å². The fourth-order valence-corrected chi connectivity index (χ4v) is 4.33. The number of hydrogen-bond acceptors (Lipinski definition) is 5. The molecule has 1 aromatic carbocycles. The van der Waals surface area contributed by atoms with Gasteiger partial charge in [-0.2, -0.15) is 0 Å². The average Bonchev–Trinajstić information content (AvgIpc) is 2.99. The second-order valence-electron chi connectivity index (χ2n) is 7.17. The van der Waals surface area contributed by atoms with E-state index in [1.807, 2.05) is 0 Å². The van der Waals surface area contributed by atoms with E-state index in [1.165, 1.54) is 50.8 Å². The Morgan fingerprint density at radius 3 is 2.61 bits per heavy atom. The molecule has 31 heavy (non-hydrogen) atoms. The van der Waals surface area contributed by atoms with Crippen LogP contribution in [0.3, 0.4) is 0 Å². The van der Waals surface area contributed by atoms with E-state index >= 15 is 0 Å². The number of carboxylic acid groups (broad SMARTS) is 1. The lowest BCUT2D eigenvalue weighted by Crippen LogP contribution is -2.22. The van der Waals surface area contributed by atoms with Gasteiger partial charge < -0.3 is 15.4 Å². The molecule has 8 nitrogen and oxygen atoms in total. The van der Waals surface area contributed by atoms with Gasteiger partial charge in [0.1, 0.15) is 10.7 Å². The number of aromatic carboxylic acids is 1. The number of nitrogens with zero attached hydrogens (tertiary/aromatic N) is 3. The molecule has 0 saturated heterocycles. The van der Waals surface area contributed by atoms with Crippen molar-refractivity contribution in [1.82, 2.24) is 13.9 Å². The summed E-state index contributed by atoms with van der Waals surface area (Å²) in [5.41, 5.74) is 7.78. The van der Waals surface area contributed by atoms with Gasteiger partial charge in [-0.1, -0.05) is 0 Å². The minimum atomic E-state index is -3.73. The summed E-state index contributed by atoms with van der Waals surface area (Å²) in [5, 5.41) is 9.98. The van der Waals surface area contributed by atoms with Crippen LogP contribution in [0.15, 0.2) is 53.5 Å². The van der Waals surface area contributed by atoms with Crippen LogP contribution in [0.25, 0.3) is 22.0 Å². The lowest BCUT2D eigenvalue weighted by Gasteiger charge is -2.12. The molecule has 2 aromatic heterocycles. The maximum atomic E-state index is 14.3. The Balaban J connectivity index is 2.32. The average molecular weight is 447 g/mol. The Labute approximate surface area is 179 Å². The van der Waals surface area contributed by atoms with Crippen molar-refractivity contribution in [3.8, 4) is 11.1 Å². The fraction of sp³-hybridized carbons (Fsp3) is 0.238. The maximum Gasteiger partial charge on any atom is 0.335 e. The van der Waals surface area contributed by atoms with Crippen LogP contribution >= 0.6 is 0 Å². The first kappa shape index (κ1) is 22.6. The van der Waals surface area contributed by atoms with E-state index in [0.717, 1.165) is 4.31 Å². The molecule has 0 bridgehead atoms. The normalized spacial score (nSPS) is 12.6. The minimum absolute atomic E-state index is 0.00102. The number of sulfonamides is 1. The first-order valence-electron chi connectivity index (χ1n) is 9.36. The molecule has 2 heterocycles. The molecule has 3 N–H and O–H groups in total. The highest BCUT2D eigenvalue weighted by Gasteiger charge is 2.22. The lowest BCUT2D eigenvalue weighted by molar-refractivity contribution is 0.0697. The summed E-state index contributed by atoms with van der Waals surface area (Å²) in [4.78, 5) is 15.6. The zero-order valence-electron chi connectivity index (χ0n) is 17.3. The van der Waals surface area contributed by atoms with Crippen molar-refractivity contribution >= 4 is 26.9 Å². The number of aromatic nitrogens is 2. The summed E-state index contributed by atoms with van der Waals surface area (Å²) in [7, 11) is -0.885. The van der Waals surface area contributed by atoms with Crippen molar-refractivity contribution in [2.75, 3.05) is 20.6 Å². The molecule has 3 rings (SSSR count). The topological polar surface area (TPSA) is 119 Å². The quantitative estimate of drug-likeness (QED) is 0.576. The van der Waals surface area contributed by atoms with Crippen molar-refractivity contribution in [2.45, 2.75) is 18.4 Å². The standard InChI is InChI=1S/C21H23FN4O4S/c1-13-20(15-8-17(11-24-10-15)31(29,30)25(2)3)18-9-14(21(27)28)4-5-19(18)26(13)12-16(22)6-7-23/h4-6,8-11H,7,12,23H2,1-3H3,(H,27,28)/b16-6-.